The summed E-state index contributed by atoms with van der Waals surface area (Å²) in [6.45, 7) is 8.08. The third-order valence-corrected chi connectivity index (χ3v) is 2.38. The van der Waals surface area contributed by atoms with Gasteiger partial charge in [-0.2, -0.15) is 0 Å². The summed E-state index contributed by atoms with van der Waals surface area (Å²) < 4.78 is 0. The van der Waals surface area contributed by atoms with Crippen LogP contribution in [0.2, 0.25) is 0 Å². The van der Waals surface area contributed by atoms with Crippen LogP contribution in [0.5, 0.6) is 0 Å². The summed E-state index contributed by atoms with van der Waals surface area (Å²) in [5.41, 5.74) is 5.09. The highest BCUT2D eigenvalue weighted by molar-refractivity contribution is 5.87. The molecule has 0 heterocycles. The van der Waals surface area contributed by atoms with Gasteiger partial charge in [0, 0.05) is 12.0 Å². The molecule has 2 amide bonds. The van der Waals surface area contributed by atoms with E-state index in [1.807, 2.05) is 20.8 Å². The van der Waals surface area contributed by atoms with Gasteiger partial charge in [0.15, 0.2) is 0 Å². The molecule has 0 rings (SSSR count). The van der Waals surface area contributed by atoms with E-state index < -0.39 is 6.04 Å². The van der Waals surface area contributed by atoms with E-state index in [9.17, 15) is 9.59 Å². The van der Waals surface area contributed by atoms with Crippen LogP contribution >= 0.6 is 0 Å². The minimum absolute atomic E-state index is 0.0800. The van der Waals surface area contributed by atoms with Gasteiger partial charge in [0.05, 0.1) is 0 Å². The molecule has 0 saturated carbocycles. The average Bonchev–Trinajstić information content (AvgIpc) is 2.22. The number of nitrogens with two attached hydrogens (primary N) is 1. The van der Waals surface area contributed by atoms with Crippen molar-refractivity contribution in [1.29, 1.82) is 0 Å². The number of unbranched alkanes of at least 4 members (excludes halogenated alkanes) is 2. The lowest BCUT2D eigenvalue weighted by Gasteiger charge is -2.23. The first-order valence-corrected chi connectivity index (χ1v) is 6.57. The number of hydrogen-bond acceptors (Lipinski definition) is 3. The van der Waals surface area contributed by atoms with Crippen molar-refractivity contribution in [3.05, 3.63) is 0 Å². The van der Waals surface area contributed by atoms with Gasteiger partial charge in [0.2, 0.25) is 11.8 Å². The van der Waals surface area contributed by atoms with E-state index in [2.05, 4.69) is 10.6 Å². The Balaban J connectivity index is 3.89. The zero-order valence-electron chi connectivity index (χ0n) is 12.0. The predicted molar refractivity (Wildman–Crippen MR) is 73.0 cm³/mol. The normalized spacial score (nSPS) is 12.9. The largest absolute Gasteiger partial charge is 0.350 e. The van der Waals surface area contributed by atoms with Gasteiger partial charge in [-0.05, 0) is 47.1 Å². The van der Waals surface area contributed by atoms with E-state index in [0.29, 0.717) is 13.0 Å². The Labute approximate surface area is 110 Å². The van der Waals surface area contributed by atoms with Gasteiger partial charge in [-0.3, -0.25) is 9.59 Å². The first kappa shape index (κ1) is 16.9. The van der Waals surface area contributed by atoms with Crippen LogP contribution in [-0.4, -0.2) is 29.9 Å². The molecule has 1 unspecified atom stereocenters. The van der Waals surface area contributed by atoms with Crippen molar-refractivity contribution in [1.82, 2.24) is 10.6 Å². The van der Waals surface area contributed by atoms with Crippen LogP contribution in [-0.2, 0) is 9.59 Å². The van der Waals surface area contributed by atoms with Crippen molar-refractivity contribution in [2.45, 2.75) is 65.0 Å². The maximum atomic E-state index is 11.7. The monoisotopic (exact) mass is 257 g/mol. The lowest BCUT2D eigenvalue weighted by atomic mass is 10.1. The molecule has 0 aliphatic heterocycles. The second-order valence-electron chi connectivity index (χ2n) is 5.63. The molecule has 0 radical (unpaired) electrons. The van der Waals surface area contributed by atoms with Crippen LogP contribution in [0.3, 0.4) is 0 Å². The Morgan fingerprint density at radius 2 is 1.78 bits per heavy atom. The molecule has 0 bridgehead atoms. The standard InChI is InChI=1S/C13H27N3O2/c1-10(12(18)16-13(2,3)4)15-11(17)8-6-5-7-9-14/h10H,5-9,14H2,1-4H3,(H,15,17)(H,16,18). The molecule has 0 aromatic rings. The summed E-state index contributed by atoms with van der Waals surface area (Å²) in [7, 11) is 0. The molecule has 0 aliphatic rings. The van der Waals surface area contributed by atoms with Gasteiger partial charge in [0.1, 0.15) is 6.04 Å². The summed E-state index contributed by atoms with van der Waals surface area (Å²) in [4.78, 5) is 23.3. The highest BCUT2D eigenvalue weighted by Gasteiger charge is 2.20. The van der Waals surface area contributed by atoms with E-state index >= 15 is 0 Å². The first-order chi connectivity index (χ1) is 8.26. The van der Waals surface area contributed by atoms with Crippen LogP contribution in [0.1, 0.15) is 53.4 Å². The molecule has 0 saturated heterocycles. The quantitative estimate of drug-likeness (QED) is 0.593. The summed E-state index contributed by atoms with van der Waals surface area (Å²) in [5.74, 6) is -0.235. The summed E-state index contributed by atoms with van der Waals surface area (Å²) >= 11 is 0. The Kier molecular flexibility index (Phi) is 7.59. The Bertz CT molecular complexity index is 272. The van der Waals surface area contributed by atoms with E-state index in [4.69, 9.17) is 5.73 Å². The van der Waals surface area contributed by atoms with Gasteiger partial charge in [-0.25, -0.2) is 0 Å². The molecule has 0 aliphatic carbocycles. The van der Waals surface area contributed by atoms with Crippen molar-refractivity contribution < 1.29 is 9.59 Å². The van der Waals surface area contributed by atoms with Crippen LogP contribution in [0, 0.1) is 0 Å². The number of rotatable bonds is 7. The molecule has 18 heavy (non-hydrogen) atoms. The molecule has 0 fully saturated rings. The van der Waals surface area contributed by atoms with Gasteiger partial charge in [-0.1, -0.05) is 6.42 Å². The zero-order chi connectivity index (χ0) is 14.2. The molecular formula is C13H27N3O2. The predicted octanol–water partition coefficient (Wildman–Crippen LogP) is 0.925. The second-order valence-corrected chi connectivity index (χ2v) is 5.63. The third-order valence-electron chi connectivity index (χ3n) is 2.38. The molecule has 1 atom stereocenters. The zero-order valence-corrected chi connectivity index (χ0v) is 12.0. The lowest BCUT2D eigenvalue weighted by molar-refractivity contribution is -0.129. The fourth-order valence-electron chi connectivity index (χ4n) is 1.46. The molecule has 0 spiro atoms. The Morgan fingerprint density at radius 1 is 1.17 bits per heavy atom. The summed E-state index contributed by atoms with van der Waals surface area (Å²) in [6, 6.07) is -0.494. The number of carbonyl (C=O) groups excluding carboxylic acids is 2. The van der Waals surface area contributed by atoms with E-state index in [0.717, 1.165) is 19.3 Å². The van der Waals surface area contributed by atoms with Crippen LogP contribution in [0.4, 0.5) is 0 Å². The number of nitrogens with one attached hydrogen (secondary N) is 2. The number of hydrogen-bond donors (Lipinski definition) is 3. The topological polar surface area (TPSA) is 84.2 Å². The fourth-order valence-corrected chi connectivity index (χ4v) is 1.46. The molecule has 4 N–H and O–H groups in total. The molecule has 106 valence electrons. The van der Waals surface area contributed by atoms with Crippen molar-refractivity contribution in [3.63, 3.8) is 0 Å². The molecule has 5 heteroatoms. The number of amides is 2. The fraction of sp³-hybridized carbons (Fsp3) is 0.846. The van der Waals surface area contributed by atoms with E-state index in [-0.39, 0.29) is 17.4 Å². The van der Waals surface area contributed by atoms with Crippen LogP contribution < -0.4 is 16.4 Å². The molecule has 0 aromatic heterocycles. The highest BCUT2D eigenvalue weighted by Crippen LogP contribution is 2.01. The minimum Gasteiger partial charge on any atom is -0.350 e. The maximum Gasteiger partial charge on any atom is 0.242 e. The average molecular weight is 257 g/mol. The van der Waals surface area contributed by atoms with Crippen molar-refractivity contribution >= 4 is 11.8 Å². The van der Waals surface area contributed by atoms with E-state index in [1.165, 1.54) is 0 Å². The first-order valence-electron chi connectivity index (χ1n) is 6.57. The van der Waals surface area contributed by atoms with Crippen LogP contribution in [0.25, 0.3) is 0 Å². The molecule has 0 aromatic carbocycles. The number of carbonyl (C=O) groups is 2. The maximum absolute atomic E-state index is 11.7. The van der Waals surface area contributed by atoms with Crippen molar-refractivity contribution in [2.75, 3.05) is 6.54 Å². The summed E-state index contributed by atoms with van der Waals surface area (Å²) in [5, 5.41) is 5.53. The second kappa shape index (κ2) is 8.08. The minimum atomic E-state index is -0.494. The Morgan fingerprint density at radius 3 is 2.28 bits per heavy atom. The smallest absolute Gasteiger partial charge is 0.242 e. The Hall–Kier alpha value is -1.10. The SMILES string of the molecule is CC(NC(=O)CCCCCN)C(=O)NC(C)(C)C. The van der Waals surface area contributed by atoms with Gasteiger partial charge < -0.3 is 16.4 Å². The lowest BCUT2D eigenvalue weighted by Crippen LogP contribution is -2.50. The highest BCUT2D eigenvalue weighted by atomic mass is 16.2. The molecule has 5 nitrogen and oxygen atoms in total. The van der Waals surface area contributed by atoms with Crippen molar-refractivity contribution in [3.8, 4) is 0 Å². The van der Waals surface area contributed by atoms with Crippen molar-refractivity contribution in [2.24, 2.45) is 5.73 Å². The van der Waals surface area contributed by atoms with E-state index in [1.54, 1.807) is 6.92 Å². The van der Waals surface area contributed by atoms with Gasteiger partial charge in [-0.15, -0.1) is 0 Å². The summed E-state index contributed by atoms with van der Waals surface area (Å²) in [6.07, 6.45) is 3.16. The van der Waals surface area contributed by atoms with Gasteiger partial charge in [0.25, 0.3) is 0 Å². The van der Waals surface area contributed by atoms with Gasteiger partial charge >= 0.3 is 0 Å². The van der Waals surface area contributed by atoms with Crippen LogP contribution in [0.15, 0.2) is 0 Å². The molecular weight excluding hydrogens is 230 g/mol. The third kappa shape index (κ3) is 8.98.